The first-order chi connectivity index (χ1) is 17.8. The van der Waals surface area contributed by atoms with E-state index in [1.807, 2.05) is 6.07 Å². The van der Waals surface area contributed by atoms with Gasteiger partial charge in [0.2, 0.25) is 0 Å². The van der Waals surface area contributed by atoms with Gasteiger partial charge >= 0.3 is 5.97 Å². The highest BCUT2D eigenvalue weighted by molar-refractivity contribution is 6.35. The number of ether oxygens (including phenoxy) is 1. The lowest BCUT2D eigenvalue weighted by Crippen LogP contribution is -2.45. The Labute approximate surface area is 226 Å². The molecule has 1 atom stereocenters. The van der Waals surface area contributed by atoms with Crippen molar-refractivity contribution in [3.05, 3.63) is 99.0 Å². The second kappa shape index (κ2) is 10.5. The van der Waals surface area contributed by atoms with Crippen LogP contribution in [0.25, 0.3) is 0 Å². The first kappa shape index (κ1) is 25.7. The Morgan fingerprint density at radius 1 is 1.00 bits per heavy atom. The molecule has 1 unspecified atom stereocenters. The number of likely N-dealkylation sites (tertiary alicyclic amines) is 1. The molecule has 5 rings (SSSR count). The Kier molecular flexibility index (Phi) is 7.28. The van der Waals surface area contributed by atoms with Gasteiger partial charge in [0.15, 0.2) is 5.60 Å². The molecule has 2 aliphatic rings. The quantitative estimate of drug-likeness (QED) is 0.434. The number of amides is 1. The van der Waals surface area contributed by atoms with Gasteiger partial charge in [-0.25, -0.2) is 4.79 Å². The third-order valence-electron chi connectivity index (χ3n) is 7.46. The van der Waals surface area contributed by atoms with Crippen LogP contribution in [0.1, 0.15) is 45.8 Å². The van der Waals surface area contributed by atoms with Gasteiger partial charge in [-0.15, -0.1) is 0 Å². The fourth-order valence-electron chi connectivity index (χ4n) is 5.49. The van der Waals surface area contributed by atoms with Crippen molar-refractivity contribution in [3.8, 4) is 0 Å². The molecule has 1 saturated heterocycles. The third-order valence-corrected chi connectivity index (χ3v) is 8.09. The first-order valence-corrected chi connectivity index (χ1v) is 13.1. The number of hydrogen-bond donors (Lipinski definition) is 1. The molecule has 0 radical (unpaired) electrons. The van der Waals surface area contributed by atoms with Crippen LogP contribution in [0.5, 0.6) is 0 Å². The SMILES string of the molecule is COC(=O)c1cc(Cl)c2c(c1)N(CCN1CCC(c3ccccc3)CC1)C(=O)C2(O)c1ccccc1Cl. The molecule has 1 fully saturated rings. The molecule has 1 amide bonds. The van der Waals surface area contributed by atoms with Crippen LogP contribution in [0.15, 0.2) is 66.7 Å². The lowest BCUT2D eigenvalue weighted by atomic mass is 9.87. The lowest BCUT2D eigenvalue weighted by molar-refractivity contribution is -0.132. The lowest BCUT2D eigenvalue weighted by Gasteiger charge is -2.33. The number of methoxy groups -OCH3 is 1. The molecule has 0 saturated carbocycles. The maximum absolute atomic E-state index is 13.9. The van der Waals surface area contributed by atoms with E-state index in [0.717, 1.165) is 25.9 Å². The van der Waals surface area contributed by atoms with E-state index in [1.165, 1.54) is 23.6 Å². The third kappa shape index (κ3) is 4.64. The number of hydrogen-bond acceptors (Lipinski definition) is 5. The molecule has 0 aliphatic carbocycles. The molecule has 37 heavy (non-hydrogen) atoms. The summed E-state index contributed by atoms with van der Waals surface area (Å²) in [5, 5.41) is 12.3. The smallest absolute Gasteiger partial charge is 0.337 e. The van der Waals surface area contributed by atoms with Crippen LogP contribution in [-0.4, -0.2) is 55.2 Å². The van der Waals surface area contributed by atoms with Crippen molar-refractivity contribution < 1.29 is 19.4 Å². The van der Waals surface area contributed by atoms with E-state index in [-0.39, 0.29) is 26.7 Å². The summed E-state index contributed by atoms with van der Waals surface area (Å²) >= 11 is 13.1. The zero-order valence-corrected chi connectivity index (χ0v) is 22.0. The number of carbonyl (C=O) groups excluding carboxylic acids is 2. The standard InChI is InChI=1S/C29H28Cl2N2O4/c1-37-27(34)21-17-24(31)26-25(18-21)33(28(35)29(26,36)22-9-5-6-10-23(22)30)16-15-32-13-11-20(12-14-32)19-7-3-2-4-8-19/h2-10,17-18,20,36H,11-16H2,1H3. The van der Waals surface area contributed by atoms with E-state index in [9.17, 15) is 14.7 Å². The van der Waals surface area contributed by atoms with Gasteiger partial charge in [-0.05, 0) is 55.6 Å². The largest absolute Gasteiger partial charge is 0.465 e. The zero-order valence-electron chi connectivity index (χ0n) is 20.5. The number of benzene rings is 3. The van der Waals surface area contributed by atoms with Crippen LogP contribution in [0, 0.1) is 0 Å². The molecule has 1 N–H and O–H groups in total. The summed E-state index contributed by atoms with van der Waals surface area (Å²) in [6.45, 7) is 2.76. The highest BCUT2D eigenvalue weighted by Gasteiger charge is 2.53. The minimum atomic E-state index is -2.07. The van der Waals surface area contributed by atoms with Crippen LogP contribution in [-0.2, 0) is 15.1 Å². The average Bonchev–Trinajstić information content (AvgIpc) is 3.14. The monoisotopic (exact) mass is 538 g/mol. The Morgan fingerprint density at radius 3 is 2.35 bits per heavy atom. The molecular weight excluding hydrogens is 511 g/mol. The molecule has 192 valence electrons. The number of anilines is 1. The van der Waals surface area contributed by atoms with Crippen molar-refractivity contribution in [1.82, 2.24) is 4.90 Å². The molecule has 3 aromatic carbocycles. The summed E-state index contributed by atoms with van der Waals surface area (Å²) < 4.78 is 4.88. The summed E-state index contributed by atoms with van der Waals surface area (Å²) in [5.74, 6) is -0.592. The Hall–Kier alpha value is -2.90. The predicted octanol–water partition coefficient (Wildman–Crippen LogP) is 5.24. The molecule has 3 aromatic rings. The van der Waals surface area contributed by atoms with E-state index in [0.29, 0.717) is 24.7 Å². The molecule has 8 heteroatoms. The first-order valence-electron chi connectivity index (χ1n) is 12.3. The van der Waals surface area contributed by atoms with Crippen LogP contribution >= 0.6 is 23.2 Å². The van der Waals surface area contributed by atoms with Gasteiger partial charge in [0.1, 0.15) is 0 Å². The predicted molar refractivity (Wildman–Crippen MR) is 144 cm³/mol. The fraction of sp³-hybridized carbons (Fsp3) is 0.310. The van der Waals surface area contributed by atoms with Crippen LogP contribution in [0.4, 0.5) is 5.69 Å². The fourth-order valence-corrected chi connectivity index (χ4v) is 6.12. The van der Waals surface area contributed by atoms with Crippen molar-refractivity contribution in [1.29, 1.82) is 0 Å². The molecule has 0 aromatic heterocycles. The van der Waals surface area contributed by atoms with Crippen LogP contribution in [0.3, 0.4) is 0 Å². The van der Waals surface area contributed by atoms with Crippen molar-refractivity contribution in [2.24, 2.45) is 0 Å². The zero-order chi connectivity index (χ0) is 26.2. The van der Waals surface area contributed by atoms with E-state index in [1.54, 1.807) is 30.3 Å². The molecule has 2 aliphatic heterocycles. The van der Waals surface area contributed by atoms with Gasteiger partial charge in [-0.2, -0.15) is 0 Å². The Morgan fingerprint density at radius 2 is 1.68 bits per heavy atom. The normalized spacial score (nSPS) is 20.2. The van der Waals surface area contributed by atoms with Gasteiger partial charge in [0, 0.05) is 29.2 Å². The van der Waals surface area contributed by atoms with E-state index in [2.05, 4.69) is 29.2 Å². The number of nitrogens with zero attached hydrogens (tertiary/aromatic N) is 2. The summed E-state index contributed by atoms with van der Waals surface area (Å²) in [4.78, 5) is 30.0. The summed E-state index contributed by atoms with van der Waals surface area (Å²) in [6.07, 6.45) is 2.08. The van der Waals surface area contributed by atoms with Crippen molar-refractivity contribution in [3.63, 3.8) is 0 Å². The van der Waals surface area contributed by atoms with Crippen molar-refractivity contribution >= 4 is 40.8 Å². The number of rotatable bonds is 6. The Balaban J connectivity index is 1.42. The molecule has 0 bridgehead atoms. The second-order valence-electron chi connectivity index (χ2n) is 9.52. The topological polar surface area (TPSA) is 70.1 Å². The van der Waals surface area contributed by atoms with Gasteiger partial charge in [0.25, 0.3) is 5.91 Å². The van der Waals surface area contributed by atoms with Gasteiger partial charge in [0.05, 0.1) is 23.4 Å². The number of aliphatic hydroxyl groups is 1. The molecule has 2 heterocycles. The van der Waals surface area contributed by atoms with Gasteiger partial charge in [-0.3, -0.25) is 4.79 Å². The minimum Gasteiger partial charge on any atom is -0.465 e. The molecular formula is C29H28Cl2N2O4. The number of esters is 1. The highest BCUT2D eigenvalue weighted by atomic mass is 35.5. The summed E-state index contributed by atoms with van der Waals surface area (Å²) in [7, 11) is 1.28. The van der Waals surface area contributed by atoms with Gasteiger partial charge < -0.3 is 19.6 Å². The summed E-state index contributed by atoms with van der Waals surface area (Å²) in [6, 6.07) is 20.2. The van der Waals surface area contributed by atoms with E-state index in [4.69, 9.17) is 27.9 Å². The number of halogens is 2. The van der Waals surface area contributed by atoms with E-state index >= 15 is 0 Å². The van der Waals surface area contributed by atoms with Crippen LogP contribution < -0.4 is 4.90 Å². The maximum Gasteiger partial charge on any atom is 0.337 e. The minimum absolute atomic E-state index is 0.0971. The highest BCUT2D eigenvalue weighted by Crippen LogP contribution is 2.50. The Bertz CT molecular complexity index is 1320. The number of fused-ring (bicyclic) bond motifs is 1. The molecule has 0 spiro atoms. The number of carbonyl (C=O) groups is 2. The molecule has 6 nitrogen and oxygen atoms in total. The van der Waals surface area contributed by atoms with Gasteiger partial charge in [-0.1, -0.05) is 71.7 Å². The van der Waals surface area contributed by atoms with E-state index < -0.39 is 17.5 Å². The second-order valence-corrected chi connectivity index (χ2v) is 10.3. The maximum atomic E-state index is 13.9. The summed E-state index contributed by atoms with van der Waals surface area (Å²) in [5.41, 5.74) is 0.361. The van der Waals surface area contributed by atoms with Crippen LogP contribution in [0.2, 0.25) is 10.0 Å². The van der Waals surface area contributed by atoms with Crippen molar-refractivity contribution in [2.75, 3.05) is 38.2 Å². The average molecular weight is 539 g/mol. The number of piperidine rings is 1. The van der Waals surface area contributed by atoms with Crippen molar-refractivity contribution in [2.45, 2.75) is 24.4 Å².